The first-order chi connectivity index (χ1) is 9.52. The van der Waals surface area contributed by atoms with Crippen molar-refractivity contribution in [2.45, 2.75) is 39.8 Å². The van der Waals surface area contributed by atoms with Crippen LogP contribution in [0.3, 0.4) is 0 Å². The third-order valence-electron chi connectivity index (χ3n) is 3.33. The first kappa shape index (κ1) is 17.0. The van der Waals surface area contributed by atoms with E-state index in [1.54, 1.807) is 0 Å². The largest absolute Gasteiger partial charge is 0.494 e. The molecule has 0 aliphatic carbocycles. The smallest absolute Gasteiger partial charge is 0.119 e. The van der Waals surface area contributed by atoms with Crippen LogP contribution in [0.2, 0.25) is 0 Å². The second kappa shape index (κ2) is 8.98. The molecule has 1 N–H and O–H groups in total. The lowest BCUT2D eigenvalue weighted by Gasteiger charge is -2.25. The molecular weight excluding hydrogens is 248 g/mol. The normalized spacial score (nSPS) is 12.9. The minimum absolute atomic E-state index is 0.515. The van der Waals surface area contributed by atoms with Crippen LogP contribution in [0.15, 0.2) is 24.3 Å². The van der Waals surface area contributed by atoms with E-state index in [-0.39, 0.29) is 0 Å². The van der Waals surface area contributed by atoms with Crippen LogP contribution < -0.4 is 10.1 Å². The molecule has 3 heteroatoms. The van der Waals surface area contributed by atoms with Crippen molar-refractivity contribution in [2.24, 2.45) is 5.92 Å². The highest BCUT2D eigenvalue weighted by Gasteiger charge is 2.13. The second-order valence-corrected chi connectivity index (χ2v) is 5.99. The predicted octanol–water partition coefficient (Wildman–Crippen LogP) is 3.15. The Morgan fingerprint density at radius 3 is 2.30 bits per heavy atom. The average Bonchev–Trinajstić information content (AvgIpc) is 2.41. The fourth-order valence-electron chi connectivity index (χ4n) is 2.08. The van der Waals surface area contributed by atoms with Crippen molar-refractivity contribution in [3.05, 3.63) is 29.8 Å². The van der Waals surface area contributed by atoms with Crippen molar-refractivity contribution in [3.8, 4) is 5.75 Å². The number of nitrogens with zero attached hydrogens (tertiary/aromatic N) is 1. The summed E-state index contributed by atoms with van der Waals surface area (Å²) < 4.78 is 5.60. The SMILES string of the molecule is CCCOc1ccc(CNC(CN(C)C)C(C)C)cc1. The number of nitrogens with one attached hydrogen (secondary N) is 1. The number of hydrogen-bond acceptors (Lipinski definition) is 3. The second-order valence-electron chi connectivity index (χ2n) is 5.99. The summed E-state index contributed by atoms with van der Waals surface area (Å²) in [5.41, 5.74) is 1.30. The molecule has 1 atom stereocenters. The third kappa shape index (κ3) is 6.40. The summed E-state index contributed by atoms with van der Waals surface area (Å²) in [5, 5.41) is 3.65. The third-order valence-corrected chi connectivity index (χ3v) is 3.33. The molecule has 0 fully saturated rings. The summed E-state index contributed by atoms with van der Waals surface area (Å²) in [6, 6.07) is 8.92. The Kier molecular flexibility index (Phi) is 7.63. The Balaban J connectivity index is 2.47. The van der Waals surface area contributed by atoms with E-state index in [9.17, 15) is 0 Å². The predicted molar refractivity (Wildman–Crippen MR) is 86.2 cm³/mol. The van der Waals surface area contributed by atoms with Crippen molar-refractivity contribution in [1.82, 2.24) is 10.2 Å². The molecule has 0 bridgehead atoms. The first-order valence-electron chi connectivity index (χ1n) is 7.62. The quantitative estimate of drug-likeness (QED) is 0.751. The maximum Gasteiger partial charge on any atom is 0.119 e. The van der Waals surface area contributed by atoms with Gasteiger partial charge in [-0.15, -0.1) is 0 Å². The van der Waals surface area contributed by atoms with Crippen LogP contribution in [0.1, 0.15) is 32.8 Å². The van der Waals surface area contributed by atoms with E-state index >= 15 is 0 Å². The summed E-state index contributed by atoms with van der Waals surface area (Å²) >= 11 is 0. The summed E-state index contributed by atoms with van der Waals surface area (Å²) in [6.45, 7) is 9.41. The molecule has 0 amide bonds. The highest BCUT2D eigenvalue weighted by molar-refractivity contribution is 5.27. The van der Waals surface area contributed by atoms with Crippen LogP contribution in [0.4, 0.5) is 0 Å². The van der Waals surface area contributed by atoms with Gasteiger partial charge in [0.05, 0.1) is 6.61 Å². The molecule has 1 aromatic carbocycles. The minimum atomic E-state index is 0.515. The van der Waals surface area contributed by atoms with Gasteiger partial charge in [0.25, 0.3) is 0 Å². The van der Waals surface area contributed by atoms with E-state index in [2.05, 4.69) is 69.3 Å². The van der Waals surface area contributed by atoms with Gasteiger partial charge in [-0.05, 0) is 44.1 Å². The van der Waals surface area contributed by atoms with E-state index in [1.807, 2.05) is 0 Å². The zero-order chi connectivity index (χ0) is 15.0. The van der Waals surface area contributed by atoms with Crippen LogP contribution in [0, 0.1) is 5.92 Å². The molecule has 0 heterocycles. The van der Waals surface area contributed by atoms with Gasteiger partial charge in [-0.1, -0.05) is 32.9 Å². The fraction of sp³-hybridized carbons (Fsp3) is 0.647. The van der Waals surface area contributed by atoms with E-state index < -0.39 is 0 Å². The van der Waals surface area contributed by atoms with Gasteiger partial charge < -0.3 is 15.0 Å². The molecule has 0 saturated heterocycles. The molecule has 0 aromatic heterocycles. The van der Waals surface area contributed by atoms with Crippen LogP contribution in [0.25, 0.3) is 0 Å². The summed E-state index contributed by atoms with van der Waals surface area (Å²) in [7, 11) is 4.24. The summed E-state index contributed by atoms with van der Waals surface area (Å²) in [4.78, 5) is 2.24. The fourth-order valence-corrected chi connectivity index (χ4v) is 2.08. The molecule has 20 heavy (non-hydrogen) atoms. The molecule has 0 spiro atoms. The number of benzene rings is 1. The molecule has 114 valence electrons. The van der Waals surface area contributed by atoms with E-state index in [4.69, 9.17) is 4.74 Å². The standard InChI is InChI=1S/C17H30N2O/c1-6-11-20-16-9-7-15(8-10-16)12-18-17(14(2)3)13-19(4)5/h7-10,14,17-18H,6,11-13H2,1-5H3. The van der Waals surface area contributed by atoms with Crippen molar-refractivity contribution in [3.63, 3.8) is 0 Å². The average molecular weight is 278 g/mol. The van der Waals surface area contributed by atoms with E-state index in [1.165, 1.54) is 5.56 Å². The molecule has 0 saturated carbocycles. The zero-order valence-electron chi connectivity index (χ0n) is 13.6. The maximum atomic E-state index is 5.60. The van der Waals surface area contributed by atoms with Crippen LogP contribution >= 0.6 is 0 Å². The molecule has 3 nitrogen and oxygen atoms in total. The molecule has 1 rings (SSSR count). The van der Waals surface area contributed by atoms with Crippen molar-refractivity contribution in [2.75, 3.05) is 27.2 Å². The minimum Gasteiger partial charge on any atom is -0.494 e. The maximum absolute atomic E-state index is 5.60. The Morgan fingerprint density at radius 2 is 1.80 bits per heavy atom. The van der Waals surface area contributed by atoms with Gasteiger partial charge in [-0.3, -0.25) is 0 Å². The van der Waals surface area contributed by atoms with Crippen LogP contribution in [-0.4, -0.2) is 38.2 Å². The van der Waals surface area contributed by atoms with Crippen molar-refractivity contribution >= 4 is 0 Å². The molecule has 1 unspecified atom stereocenters. The lowest BCUT2D eigenvalue weighted by atomic mass is 10.0. The van der Waals surface area contributed by atoms with E-state index in [0.717, 1.165) is 31.9 Å². The van der Waals surface area contributed by atoms with Gasteiger partial charge in [-0.2, -0.15) is 0 Å². The van der Waals surface area contributed by atoms with E-state index in [0.29, 0.717) is 12.0 Å². The number of rotatable bonds is 9. The summed E-state index contributed by atoms with van der Waals surface area (Å²) in [5.74, 6) is 1.59. The topological polar surface area (TPSA) is 24.5 Å². The highest BCUT2D eigenvalue weighted by Crippen LogP contribution is 2.13. The van der Waals surface area contributed by atoms with Gasteiger partial charge in [0, 0.05) is 19.1 Å². The van der Waals surface area contributed by atoms with Gasteiger partial charge in [0.2, 0.25) is 0 Å². The van der Waals surface area contributed by atoms with Crippen LogP contribution in [-0.2, 0) is 6.54 Å². The van der Waals surface area contributed by atoms with Crippen molar-refractivity contribution in [1.29, 1.82) is 0 Å². The molecule has 1 aromatic rings. The van der Waals surface area contributed by atoms with Gasteiger partial charge in [0.1, 0.15) is 5.75 Å². The lowest BCUT2D eigenvalue weighted by Crippen LogP contribution is -2.41. The molecule has 0 aliphatic heterocycles. The monoisotopic (exact) mass is 278 g/mol. The van der Waals surface area contributed by atoms with Gasteiger partial charge in [-0.25, -0.2) is 0 Å². The van der Waals surface area contributed by atoms with Crippen LogP contribution in [0.5, 0.6) is 5.75 Å². The Morgan fingerprint density at radius 1 is 1.15 bits per heavy atom. The zero-order valence-corrected chi connectivity index (χ0v) is 13.6. The Labute approximate surface area is 124 Å². The highest BCUT2D eigenvalue weighted by atomic mass is 16.5. The molecule has 0 aliphatic rings. The molecular formula is C17H30N2O. The summed E-state index contributed by atoms with van der Waals surface area (Å²) in [6.07, 6.45) is 1.05. The molecule has 0 radical (unpaired) electrons. The van der Waals surface area contributed by atoms with Gasteiger partial charge >= 0.3 is 0 Å². The number of ether oxygens (including phenoxy) is 1. The van der Waals surface area contributed by atoms with Gasteiger partial charge in [0.15, 0.2) is 0 Å². The lowest BCUT2D eigenvalue weighted by molar-refractivity contribution is 0.288. The van der Waals surface area contributed by atoms with Crippen molar-refractivity contribution < 1.29 is 4.74 Å². The number of likely N-dealkylation sites (N-methyl/N-ethyl adjacent to an activating group) is 1. The number of hydrogen-bond donors (Lipinski definition) is 1. The Hall–Kier alpha value is -1.06. The first-order valence-corrected chi connectivity index (χ1v) is 7.62. The Bertz CT molecular complexity index is 360.